The molecule has 2 rings (SSSR count). The summed E-state index contributed by atoms with van der Waals surface area (Å²) in [6.45, 7) is 16.4. The highest BCUT2D eigenvalue weighted by atomic mass is 28.4. The van der Waals surface area contributed by atoms with Gasteiger partial charge in [-0.25, -0.2) is 0 Å². The molecule has 0 aromatic rings. The molecule has 2 fully saturated rings. The summed E-state index contributed by atoms with van der Waals surface area (Å²) in [6.07, 6.45) is 9.34. The largest absolute Gasteiger partial charge is 0.417 e. The summed E-state index contributed by atoms with van der Waals surface area (Å²) in [5.74, 6) is 0. The minimum absolute atomic E-state index is 0.142. The summed E-state index contributed by atoms with van der Waals surface area (Å²) in [4.78, 5) is 2.64. The van der Waals surface area contributed by atoms with Crippen molar-refractivity contribution in [3.05, 3.63) is 0 Å². The summed E-state index contributed by atoms with van der Waals surface area (Å²) >= 11 is 0. The van der Waals surface area contributed by atoms with Crippen LogP contribution in [0.4, 0.5) is 0 Å². The number of aliphatic hydroxyl groups excluding tert-OH is 2. The highest BCUT2D eigenvalue weighted by Gasteiger charge is 2.43. The topological polar surface area (TPSA) is 52.9 Å². The van der Waals surface area contributed by atoms with Crippen molar-refractivity contribution in [2.45, 2.75) is 90.3 Å². The maximum Gasteiger partial charge on any atom is 0.191 e. The lowest BCUT2D eigenvalue weighted by Crippen LogP contribution is -2.45. The minimum atomic E-state index is -1.59. The predicted molar refractivity (Wildman–Crippen MR) is 116 cm³/mol. The van der Waals surface area contributed by atoms with Crippen molar-refractivity contribution in [2.24, 2.45) is 10.8 Å². The molecule has 0 aromatic carbocycles. The van der Waals surface area contributed by atoms with E-state index in [0.29, 0.717) is 10.5 Å². The average Bonchev–Trinajstić information content (AvgIpc) is 2.63. The third-order valence-electron chi connectivity index (χ3n) is 8.10. The summed E-state index contributed by atoms with van der Waals surface area (Å²) < 4.78 is 6.29. The van der Waals surface area contributed by atoms with Gasteiger partial charge in [0.15, 0.2) is 8.32 Å². The van der Waals surface area contributed by atoms with Crippen LogP contribution in [0.25, 0.3) is 0 Å². The van der Waals surface area contributed by atoms with E-state index >= 15 is 0 Å². The summed E-state index contributed by atoms with van der Waals surface area (Å²) in [6, 6.07) is 0. The van der Waals surface area contributed by atoms with Crippen molar-refractivity contribution in [1.29, 1.82) is 0 Å². The van der Waals surface area contributed by atoms with Crippen LogP contribution >= 0.6 is 0 Å². The number of hydrogen-bond acceptors (Lipinski definition) is 4. The van der Waals surface area contributed by atoms with E-state index in [0.717, 1.165) is 19.4 Å². The van der Waals surface area contributed by atoms with Crippen LogP contribution in [0.2, 0.25) is 18.1 Å². The van der Waals surface area contributed by atoms with Crippen LogP contribution in [-0.2, 0) is 4.43 Å². The maximum atomic E-state index is 9.63. The number of aliphatic hydroxyl groups is 2. The predicted octanol–water partition coefficient (Wildman–Crippen LogP) is 4.42. The highest BCUT2D eigenvalue weighted by Crippen LogP contribution is 2.50. The van der Waals surface area contributed by atoms with Crippen molar-refractivity contribution in [3.8, 4) is 0 Å². The molecule has 5 heteroatoms. The van der Waals surface area contributed by atoms with E-state index in [2.05, 4.69) is 38.8 Å². The van der Waals surface area contributed by atoms with E-state index in [9.17, 15) is 10.2 Å². The number of unbranched alkanes of at least 4 members (excludes halogenated alkanes) is 1. The van der Waals surface area contributed by atoms with Gasteiger partial charge in [0.1, 0.15) is 0 Å². The molecule has 0 bridgehead atoms. The number of rotatable bonds is 8. The standard InChI is InChI=1S/C22H45NO3Si/c1-20(2,3)27(4,5)26-17-7-6-14-23-15-12-21(13-16-23)8-10-22(18-24,19-25)11-9-21/h24-25H,6-19H2,1-5H3. The van der Waals surface area contributed by atoms with Crippen LogP contribution in [0, 0.1) is 10.8 Å². The Morgan fingerprint density at radius 3 is 1.93 bits per heavy atom. The SMILES string of the molecule is CC(C)(C)[Si](C)(C)OCCCCN1CCC2(CC1)CCC(CO)(CO)CC2. The van der Waals surface area contributed by atoms with Crippen LogP contribution in [0.1, 0.15) is 72.1 Å². The van der Waals surface area contributed by atoms with Gasteiger partial charge in [0, 0.05) is 12.0 Å². The summed E-state index contributed by atoms with van der Waals surface area (Å²) in [7, 11) is -1.59. The molecule has 27 heavy (non-hydrogen) atoms. The zero-order valence-electron chi connectivity index (χ0n) is 18.6. The third-order valence-corrected chi connectivity index (χ3v) is 12.6. The van der Waals surface area contributed by atoms with Gasteiger partial charge in [-0.05, 0) is 94.5 Å². The second kappa shape index (κ2) is 9.25. The quantitative estimate of drug-likeness (QED) is 0.469. The molecule has 1 spiro atoms. The zero-order valence-corrected chi connectivity index (χ0v) is 19.6. The lowest BCUT2D eigenvalue weighted by Gasteiger charge is -2.49. The van der Waals surface area contributed by atoms with Crippen molar-refractivity contribution in [3.63, 3.8) is 0 Å². The Kier molecular flexibility index (Phi) is 7.99. The van der Waals surface area contributed by atoms with Crippen molar-refractivity contribution < 1.29 is 14.6 Å². The van der Waals surface area contributed by atoms with Gasteiger partial charge in [0.05, 0.1) is 13.2 Å². The molecule has 1 saturated carbocycles. The van der Waals surface area contributed by atoms with Crippen molar-refractivity contribution >= 4 is 8.32 Å². The van der Waals surface area contributed by atoms with Gasteiger partial charge in [-0.2, -0.15) is 0 Å². The van der Waals surface area contributed by atoms with Crippen LogP contribution in [-0.4, -0.2) is 62.9 Å². The lowest BCUT2D eigenvalue weighted by atomic mass is 9.61. The van der Waals surface area contributed by atoms with E-state index in [1.54, 1.807) is 0 Å². The average molecular weight is 400 g/mol. The molecule has 2 aliphatic rings. The second-order valence-electron chi connectivity index (χ2n) is 11.0. The van der Waals surface area contributed by atoms with Crippen LogP contribution in [0.5, 0.6) is 0 Å². The monoisotopic (exact) mass is 399 g/mol. The van der Waals surface area contributed by atoms with Crippen LogP contribution in [0.15, 0.2) is 0 Å². The van der Waals surface area contributed by atoms with Crippen LogP contribution < -0.4 is 0 Å². The van der Waals surface area contributed by atoms with Gasteiger partial charge in [-0.3, -0.25) is 0 Å². The van der Waals surface area contributed by atoms with E-state index in [-0.39, 0.29) is 18.6 Å². The Morgan fingerprint density at radius 2 is 1.44 bits per heavy atom. The fourth-order valence-electron chi connectivity index (χ4n) is 4.41. The number of piperidine rings is 1. The Morgan fingerprint density at radius 1 is 0.889 bits per heavy atom. The summed E-state index contributed by atoms with van der Waals surface area (Å²) in [5.41, 5.74) is 0.280. The molecule has 1 aliphatic carbocycles. The molecule has 1 saturated heterocycles. The molecule has 2 N–H and O–H groups in total. The Balaban J connectivity index is 1.63. The van der Waals surface area contributed by atoms with Gasteiger partial charge in [0.2, 0.25) is 0 Å². The molecule has 0 radical (unpaired) electrons. The minimum Gasteiger partial charge on any atom is -0.417 e. The number of nitrogens with zero attached hydrogens (tertiary/aromatic N) is 1. The molecular formula is C22H45NO3Si. The first-order valence-electron chi connectivity index (χ1n) is 11.2. The lowest BCUT2D eigenvalue weighted by molar-refractivity contribution is -0.0346. The highest BCUT2D eigenvalue weighted by molar-refractivity contribution is 6.74. The molecule has 0 atom stereocenters. The molecular weight excluding hydrogens is 354 g/mol. The van der Waals surface area contributed by atoms with Crippen molar-refractivity contribution in [1.82, 2.24) is 4.90 Å². The molecule has 0 amide bonds. The van der Waals surface area contributed by atoms with Gasteiger partial charge >= 0.3 is 0 Å². The number of hydrogen-bond donors (Lipinski definition) is 2. The smallest absolute Gasteiger partial charge is 0.191 e. The maximum absolute atomic E-state index is 9.63. The van der Waals surface area contributed by atoms with E-state index in [4.69, 9.17) is 4.43 Å². The molecule has 160 valence electrons. The molecule has 1 aliphatic heterocycles. The molecule has 1 heterocycles. The van der Waals surface area contributed by atoms with E-state index < -0.39 is 8.32 Å². The first-order valence-corrected chi connectivity index (χ1v) is 14.1. The Bertz CT molecular complexity index is 437. The Labute approximate surface area is 168 Å². The van der Waals surface area contributed by atoms with Gasteiger partial charge < -0.3 is 19.5 Å². The zero-order chi connectivity index (χ0) is 20.2. The Hall–Kier alpha value is 0.0569. The normalized spacial score (nSPS) is 23.7. The third kappa shape index (κ3) is 6.02. The fourth-order valence-corrected chi connectivity index (χ4v) is 5.50. The van der Waals surface area contributed by atoms with Gasteiger partial charge in [-0.15, -0.1) is 0 Å². The molecule has 4 nitrogen and oxygen atoms in total. The summed E-state index contributed by atoms with van der Waals surface area (Å²) in [5, 5.41) is 19.6. The first kappa shape index (κ1) is 23.3. The van der Waals surface area contributed by atoms with Crippen LogP contribution in [0.3, 0.4) is 0 Å². The van der Waals surface area contributed by atoms with E-state index in [1.165, 1.54) is 58.2 Å². The van der Waals surface area contributed by atoms with Gasteiger partial charge in [0.25, 0.3) is 0 Å². The molecule has 0 unspecified atom stereocenters. The van der Waals surface area contributed by atoms with E-state index in [1.807, 2.05) is 0 Å². The molecule has 0 aromatic heterocycles. The van der Waals surface area contributed by atoms with Crippen molar-refractivity contribution in [2.75, 3.05) is 39.5 Å². The van der Waals surface area contributed by atoms with Gasteiger partial charge in [-0.1, -0.05) is 20.8 Å². The first-order chi connectivity index (χ1) is 12.6. The number of likely N-dealkylation sites (tertiary alicyclic amines) is 1. The second-order valence-corrected chi connectivity index (χ2v) is 15.8. The fraction of sp³-hybridized carbons (Fsp3) is 1.00.